The maximum atomic E-state index is 12.1. The zero-order chi connectivity index (χ0) is 16.9. The molecule has 0 spiro atoms. The van der Waals surface area contributed by atoms with Crippen LogP contribution < -0.4 is 11.1 Å². The molecule has 0 aliphatic carbocycles. The maximum Gasteiger partial charge on any atom is 0.235 e. The van der Waals surface area contributed by atoms with Gasteiger partial charge in [-0.3, -0.25) is 14.5 Å². The van der Waals surface area contributed by atoms with E-state index < -0.39 is 0 Å². The summed E-state index contributed by atoms with van der Waals surface area (Å²) in [6.07, 6.45) is 0.923. The normalized spacial score (nSPS) is 17.1. The fourth-order valence-electron chi connectivity index (χ4n) is 3.08. The summed E-state index contributed by atoms with van der Waals surface area (Å²) in [6.45, 7) is 1.14. The van der Waals surface area contributed by atoms with Crippen LogP contribution in [-0.2, 0) is 22.6 Å². The van der Waals surface area contributed by atoms with Gasteiger partial charge in [0.1, 0.15) is 0 Å². The van der Waals surface area contributed by atoms with Crippen LogP contribution >= 0.6 is 0 Å². The molecule has 0 radical (unpaired) electrons. The monoisotopic (exact) mass is 323 g/mol. The fourth-order valence-corrected chi connectivity index (χ4v) is 3.08. The van der Waals surface area contributed by atoms with Crippen molar-refractivity contribution in [3.05, 3.63) is 65.7 Å². The Morgan fingerprint density at radius 1 is 1.04 bits per heavy atom. The van der Waals surface area contributed by atoms with Gasteiger partial charge in [0.2, 0.25) is 11.8 Å². The Morgan fingerprint density at radius 2 is 1.71 bits per heavy atom. The molecule has 3 N–H and O–H groups in total. The molecule has 2 aromatic rings. The zero-order valence-electron chi connectivity index (χ0n) is 13.4. The van der Waals surface area contributed by atoms with Crippen molar-refractivity contribution < 1.29 is 9.59 Å². The number of fused-ring (bicyclic) bond motifs is 1. The summed E-state index contributed by atoms with van der Waals surface area (Å²) < 4.78 is 0. The van der Waals surface area contributed by atoms with E-state index in [-0.39, 0.29) is 17.9 Å². The number of anilines is 1. The lowest BCUT2D eigenvalue weighted by molar-refractivity contribution is -0.125. The quantitative estimate of drug-likeness (QED) is 0.883. The van der Waals surface area contributed by atoms with Crippen LogP contribution in [0.1, 0.15) is 17.5 Å². The summed E-state index contributed by atoms with van der Waals surface area (Å²) in [5, 5.41) is 2.86. The van der Waals surface area contributed by atoms with Crippen LogP contribution in [0.3, 0.4) is 0 Å². The SMILES string of the molecule is NC(=O)C1Cc2ccccc2CN1CCC(=O)Nc1ccccc1. The van der Waals surface area contributed by atoms with Gasteiger partial charge in [-0.2, -0.15) is 0 Å². The molecule has 0 saturated heterocycles. The summed E-state index contributed by atoms with van der Waals surface area (Å²) in [5.41, 5.74) is 8.69. The van der Waals surface area contributed by atoms with E-state index in [0.29, 0.717) is 25.9 Å². The maximum absolute atomic E-state index is 12.1. The number of rotatable bonds is 5. The molecule has 0 saturated carbocycles. The molecular formula is C19H21N3O2. The predicted molar refractivity (Wildman–Crippen MR) is 93.2 cm³/mol. The minimum atomic E-state index is -0.357. The summed E-state index contributed by atoms with van der Waals surface area (Å²) in [5.74, 6) is -0.406. The van der Waals surface area contributed by atoms with Gasteiger partial charge in [0.25, 0.3) is 0 Å². The van der Waals surface area contributed by atoms with E-state index in [1.54, 1.807) is 0 Å². The molecule has 1 aliphatic rings. The molecule has 1 unspecified atom stereocenters. The number of primary amides is 1. The van der Waals surface area contributed by atoms with Crippen molar-refractivity contribution in [2.45, 2.75) is 25.4 Å². The third kappa shape index (κ3) is 3.81. The molecule has 2 aromatic carbocycles. The molecule has 5 nitrogen and oxygen atoms in total. The van der Waals surface area contributed by atoms with Crippen LogP contribution in [0.5, 0.6) is 0 Å². The van der Waals surface area contributed by atoms with Crippen LogP contribution in [-0.4, -0.2) is 29.3 Å². The number of amides is 2. The van der Waals surface area contributed by atoms with E-state index in [0.717, 1.165) is 11.3 Å². The van der Waals surface area contributed by atoms with Gasteiger partial charge in [-0.1, -0.05) is 42.5 Å². The van der Waals surface area contributed by atoms with Gasteiger partial charge in [-0.15, -0.1) is 0 Å². The average Bonchev–Trinajstić information content (AvgIpc) is 2.60. The van der Waals surface area contributed by atoms with Gasteiger partial charge in [-0.25, -0.2) is 0 Å². The Kier molecular flexibility index (Phi) is 4.91. The summed E-state index contributed by atoms with van der Waals surface area (Å²) >= 11 is 0. The number of hydrogen-bond donors (Lipinski definition) is 2. The van der Waals surface area contributed by atoms with Gasteiger partial charge in [0.15, 0.2) is 0 Å². The first-order valence-electron chi connectivity index (χ1n) is 8.08. The van der Waals surface area contributed by atoms with Crippen LogP contribution in [0.15, 0.2) is 54.6 Å². The number of carbonyl (C=O) groups excluding carboxylic acids is 2. The summed E-state index contributed by atoms with van der Waals surface area (Å²) in [6, 6.07) is 17.0. The Morgan fingerprint density at radius 3 is 2.42 bits per heavy atom. The van der Waals surface area contributed by atoms with Gasteiger partial charge in [0, 0.05) is 25.2 Å². The highest BCUT2D eigenvalue weighted by atomic mass is 16.2. The van der Waals surface area contributed by atoms with E-state index in [4.69, 9.17) is 5.73 Å². The number of nitrogens with zero attached hydrogens (tertiary/aromatic N) is 1. The first-order valence-corrected chi connectivity index (χ1v) is 8.08. The molecule has 124 valence electrons. The Balaban J connectivity index is 1.63. The Labute approximate surface area is 141 Å². The molecule has 0 aromatic heterocycles. The molecular weight excluding hydrogens is 302 g/mol. The number of nitrogens with two attached hydrogens (primary N) is 1. The minimum Gasteiger partial charge on any atom is -0.368 e. The Hall–Kier alpha value is -2.66. The lowest BCUT2D eigenvalue weighted by Crippen LogP contribution is -2.49. The molecule has 2 amide bonds. The largest absolute Gasteiger partial charge is 0.368 e. The number of hydrogen-bond acceptors (Lipinski definition) is 3. The van der Waals surface area contributed by atoms with Crippen LogP contribution in [0, 0.1) is 0 Å². The van der Waals surface area contributed by atoms with Crippen LogP contribution in [0.2, 0.25) is 0 Å². The van der Waals surface area contributed by atoms with E-state index in [1.807, 2.05) is 53.4 Å². The smallest absolute Gasteiger partial charge is 0.235 e. The fraction of sp³-hybridized carbons (Fsp3) is 0.263. The van der Waals surface area contributed by atoms with Crippen molar-refractivity contribution in [3.63, 3.8) is 0 Å². The first-order chi connectivity index (χ1) is 11.6. The Bertz CT molecular complexity index is 730. The van der Waals surface area contributed by atoms with Gasteiger partial charge in [-0.05, 0) is 29.7 Å². The standard InChI is InChI=1S/C19H21N3O2/c20-19(24)17-12-14-6-4-5-7-15(14)13-22(17)11-10-18(23)21-16-8-2-1-3-9-16/h1-9,17H,10-13H2,(H2,20,24)(H,21,23). The van der Waals surface area contributed by atoms with Gasteiger partial charge < -0.3 is 11.1 Å². The van der Waals surface area contributed by atoms with Crippen molar-refractivity contribution in [2.24, 2.45) is 5.73 Å². The van der Waals surface area contributed by atoms with Gasteiger partial charge in [0.05, 0.1) is 6.04 Å². The van der Waals surface area contributed by atoms with Crippen molar-refractivity contribution in [1.29, 1.82) is 0 Å². The number of para-hydroxylation sites is 1. The minimum absolute atomic E-state index is 0.0664. The third-order valence-electron chi connectivity index (χ3n) is 4.36. The molecule has 5 heteroatoms. The van der Waals surface area contributed by atoms with Crippen LogP contribution in [0.4, 0.5) is 5.69 Å². The van der Waals surface area contributed by atoms with Crippen molar-refractivity contribution >= 4 is 17.5 Å². The molecule has 1 aliphatic heterocycles. The molecule has 0 bridgehead atoms. The summed E-state index contributed by atoms with van der Waals surface area (Å²) in [4.78, 5) is 25.9. The lowest BCUT2D eigenvalue weighted by atomic mass is 9.93. The van der Waals surface area contributed by atoms with E-state index in [9.17, 15) is 9.59 Å². The number of nitrogens with one attached hydrogen (secondary N) is 1. The topological polar surface area (TPSA) is 75.4 Å². The van der Waals surface area contributed by atoms with Crippen molar-refractivity contribution in [3.8, 4) is 0 Å². The van der Waals surface area contributed by atoms with Crippen LogP contribution in [0.25, 0.3) is 0 Å². The number of benzene rings is 2. The van der Waals surface area contributed by atoms with Gasteiger partial charge >= 0.3 is 0 Å². The zero-order valence-corrected chi connectivity index (χ0v) is 13.4. The second kappa shape index (κ2) is 7.27. The lowest BCUT2D eigenvalue weighted by Gasteiger charge is -2.34. The molecule has 24 heavy (non-hydrogen) atoms. The highest BCUT2D eigenvalue weighted by molar-refractivity contribution is 5.90. The number of carbonyl (C=O) groups is 2. The second-order valence-electron chi connectivity index (χ2n) is 6.03. The van der Waals surface area contributed by atoms with E-state index >= 15 is 0 Å². The molecule has 1 heterocycles. The summed E-state index contributed by atoms with van der Waals surface area (Å²) in [7, 11) is 0. The first kappa shape index (κ1) is 16.2. The second-order valence-corrected chi connectivity index (χ2v) is 6.03. The molecule has 1 atom stereocenters. The van der Waals surface area contributed by atoms with Crippen molar-refractivity contribution in [1.82, 2.24) is 4.90 Å². The van der Waals surface area contributed by atoms with E-state index in [1.165, 1.54) is 5.56 Å². The highest BCUT2D eigenvalue weighted by Gasteiger charge is 2.29. The highest BCUT2D eigenvalue weighted by Crippen LogP contribution is 2.23. The average molecular weight is 323 g/mol. The third-order valence-corrected chi connectivity index (χ3v) is 4.36. The van der Waals surface area contributed by atoms with Crippen molar-refractivity contribution in [2.75, 3.05) is 11.9 Å². The molecule has 3 rings (SSSR count). The molecule has 0 fully saturated rings. The van der Waals surface area contributed by atoms with E-state index in [2.05, 4.69) is 11.4 Å². The predicted octanol–water partition coefficient (Wildman–Crippen LogP) is 1.93.